The summed E-state index contributed by atoms with van der Waals surface area (Å²) in [6.45, 7) is 4.58. The lowest BCUT2D eigenvalue weighted by atomic mass is 10.0. The van der Waals surface area contributed by atoms with Crippen molar-refractivity contribution in [2.45, 2.75) is 257 Å². The number of nitrogens with zero attached hydrogens (tertiary/aromatic N) is 1. The SMILES string of the molecule is CC/C=C\C/C=C\C/C=C\C/C=C\C/C=C\C/C=C\C/C=C\C/C=C\C/C=C\CCCCCCCCCCCCCC(=O)OC(COC(=O)CCCCCCCC/C=C\C/C=C\C/C=C\CCCCC)COC(OCC[N+](C)(C)C)C(=O)[O-]. The molecule has 2 atom stereocenters. The van der Waals surface area contributed by atoms with Gasteiger partial charge in [0.05, 0.1) is 40.3 Å². The Morgan fingerprint density at radius 2 is 0.687 bits per heavy atom. The van der Waals surface area contributed by atoms with Gasteiger partial charge in [-0.25, -0.2) is 0 Å². The highest BCUT2D eigenvalue weighted by molar-refractivity contribution is 5.70. The van der Waals surface area contributed by atoms with Crippen LogP contribution in [0.5, 0.6) is 0 Å². The molecular weight excluding hydrogens is 1030 g/mol. The fourth-order valence-electron chi connectivity index (χ4n) is 8.54. The van der Waals surface area contributed by atoms with Crippen molar-refractivity contribution in [1.82, 2.24) is 0 Å². The van der Waals surface area contributed by atoms with E-state index in [2.05, 4.69) is 160 Å². The third kappa shape index (κ3) is 64.6. The molecule has 0 N–H and O–H groups in total. The number of carboxylic acids is 1. The van der Waals surface area contributed by atoms with E-state index in [1.807, 2.05) is 21.1 Å². The van der Waals surface area contributed by atoms with Crippen LogP contribution < -0.4 is 5.11 Å². The van der Waals surface area contributed by atoms with E-state index < -0.39 is 24.3 Å². The number of allylic oxidation sites excluding steroid dienone is 24. The molecule has 2 unspecified atom stereocenters. The third-order valence-electron chi connectivity index (χ3n) is 13.6. The number of esters is 2. The van der Waals surface area contributed by atoms with E-state index in [4.69, 9.17) is 18.9 Å². The van der Waals surface area contributed by atoms with Crippen molar-refractivity contribution in [2.24, 2.45) is 0 Å². The molecule has 0 aromatic rings. The van der Waals surface area contributed by atoms with Crippen molar-refractivity contribution in [3.8, 4) is 0 Å². The molecule has 0 fully saturated rings. The predicted molar refractivity (Wildman–Crippen MR) is 352 cm³/mol. The zero-order chi connectivity index (χ0) is 60.5. The maximum Gasteiger partial charge on any atom is 0.306 e. The summed E-state index contributed by atoms with van der Waals surface area (Å²) < 4.78 is 22.7. The van der Waals surface area contributed by atoms with Gasteiger partial charge < -0.3 is 33.3 Å². The van der Waals surface area contributed by atoms with Crippen molar-refractivity contribution in [3.63, 3.8) is 0 Å². The Morgan fingerprint density at radius 1 is 0.373 bits per heavy atom. The second-order valence-corrected chi connectivity index (χ2v) is 22.7. The predicted octanol–water partition coefficient (Wildman–Crippen LogP) is 19.0. The Morgan fingerprint density at radius 3 is 1.02 bits per heavy atom. The molecule has 0 saturated heterocycles. The lowest BCUT2D eigenvalue weighted by Gasteiger charge is -2.26. The lowest BCUT2D eigenvalue weighted by Crippen LogP contribution is -2.44. The lowest BCUT2D eigenvalue weighted by molar-refractivity contribution is -0.870. The number of hydrogen-bond acceptors (Lipinski definition) is 8. The number of hydrogen-bond donors (Lipinski definition) is 0. The summed E-state index contributed by atoms with van der Waals surface area (Å²) in [6, 6.07) is 0. The molecule has 0 heterocycles. The molecule has 0 aromatic heterocycles. The first-order valence-corrected chi connectivity index (χ1v) is 33.0. The van der Waals surface area contributed by atoms with E-state index in [-0.39, 0.29) is 38.6 Å². The monoisotopic (exact) mass is 1150 g/mol. The van der Waals surface area contributed by atoms with Crippen molar-refractivity contribution < 1.29 is 42.9 Å². The van der Waals surface area contributed by atoms with E-state index >= 15 is 0 Å². The minimum atomic E-state index is -1.63. The van der Waals surface area contributed by atoms with Crippen LogP contribution in [-0.2, 0) is 33.3 Å². The maximum atomic E-state index is 12.9. The molecule has 9 nitrogen and oxygen atoms in total. The van der Waals surface area contributed by atoms with Gasteiger partial charge in [0.2, 0.25) is 0 Å². The molecule has 83 heavy (non-hydrogen) atoms. The third-order valence-corrected chi connectivity index (χ3v) is 13.6. The van der Waals surface area contributed by atoms with Crippen molar-refractivity contribution >= 4 is 17.9 Å². The number of carbonyl (C=O) groups excluding carboxylic acids is 3. The van der Waals surface area contributed by atoms with Crippen LogP contribution in [0.15, 0.2) is 146 Å². The van der Waals surface area contributed by atoms with Crippen molar-refractivity contribution in [2.75, 3.05) is 47.5 Å². The average molecular weight is 1150 g/mol. The maximum absolute atomic E-state index is 12.9. The van der Waals surface area contributed by atoms with Crippen LogP contribution in [0.3, 0.4) is 0 Å². The highest BCUT2D eigenvalue weighted by atomic mass is 16.7. The Labute approximate surface area is 509 Å². The van der Waals surface area contributed by atoms with Gasteiger partial charge in [-0.15, -0.1) is 0 Å². The normalized spacial score (nSPS) is 13.7. The van der Waals surface area contributed by atoms with E-state index in [0.717, 1.165) is 135 Å². The molecule has 0 rings (SSSR count). The van der Waals surface area contributed by atoms with Crippen LogP contribution in [0.25, 0.3) is 0 Å². The van der Waals surface area contributed by atoms with Crippen LogP contribution in [0.4, 0.5) is 0 Å². The second-order valence-electron chi connectivity index (χ2n) is 22.7. The van der Waals surface area contributed by atoms with Gasteiger partial charge in [-0.2, -0.15) is 0 Å². The number of unbranched alkanes of at least 4 members (excludes halogenated alkanes) is 20. The summed E-state index contributed by atoms with van der Waals surface area (Å²) >= 11 is 0. The Kier molecular flexibility index (Phi) is 59.5. The highest BCUT2D eigenvalue weighted by Gasteiger charge is 2.22. The number of ether oxygens (including phenoxy) is 4. The van der Waals surface area contributed by atoms with Crippen LogP contribution in [-0.4, -0.2) is 82.3 Å². The van der Waals surface area contributed by atoms with Gasteiger partial charge in [0.15, 0.2) is 12.4 Å². The van der Waals surface area contributed by atoms with Gasteiger partial charge in [-0.3, -0.25) is 9.59 Å². The van der Waals surface area contributed by atoms with Gasteiger partial charge in [0.25, 0.3) is 0 Å². The van der Waals surface area contributed by atoms with E-state index in [1.54, 1.807) is 0 Å². The first-order valence-electron chi connectivity index (χ1n) is 33.0. The molecule has 0 aromatic carbocycles. The topological polar surface area (TPSA) is 111 Å². The van der Waals surface area contributed by atoms with Gasteiger partial charge >= 0.3 is 11.9 Å². The number of carboxylic acid groups (broad SMARTS) is 1. The largest absolute Gasteiger partial charge is 0.545 e. The number of carbonyl (C=O) groups is 3. The molecule has 0 bridgehead atoms. The highest BCUT2D eigenvalue weighted by Crippen LogP contribution is 2.15. The number of aliphatic carboxylic acids is 1. The minimum absolute atomic E-state index is 0.138. The fraction of sp³-hybridized carbons (Fsp3) is 0.635. The molecular formula is C74H121NO8. The summed E-state index contributed by atoms with van der Waals surface area (Å²) in [5, 5.41) is 11.8. The molecule has 0 aliphatic heterocycles. The molecule has 0 radical (unpaired) electrons. The van der Waals surface area contributed by atoms with E-state index in [1.165, 1.54) is 77.0 Å². The van der Waals surface area contributed by atoms with Crippen LogP contribution in [0.1, 0.15) is 245 Å². The number of rotatable bonds is 59. The van der Waals surface area contributed by atoms with Crippen LogP contribution in [0.2, 0.25) is 0 Å². The van der Waals surface area contributed by atoms with Gasteiger partial charge in [0, 0.05) is 12.8 Å². The molecule has 470 valence electrons. The quantitative estimate of drug-likeness (QED) is 0.0195. The summed E-state index contributed by atoms with van der Waals surface area (Å²) in [5.74, 6) is -2.31. The van der Waals surface area contributed by atoms with Crippen LogP contribution >= 0.6 is 0 Å². The number of likely N-dealkylation sites (N-methyl/N-ethyl adjacent to an activating group) is 1. The Balaban J connectivity index is 4.18. The van der Waals surface area contributed by atoms with E-state index in [9.17, 15) is 19.5 Å². The zero-order valence-corrected chi connectivity index (χ0v) is 53.5. The average Bonchev–Trinajstić information content (AvgIpc) is 3.46. The summed E-state index contributed by atoms with van der Waals surface area (Å²) in [4.78, 5) is 37.4. The Bertz CT molecular complexity index is 1870. The first-order chi connectivity index (χ1) is 40.6. The Hall–Kier alpha value is -4.83. The van der Waals surface area contributed by atoms with Gasteiger partial charge in [0.1, 0.15) is 13.2 Å². The summed E-state index contributed by atoms with van der Waals surface area (Å²) in [5.41, 5.74) is 0. The smallest absolute Gasteiger partial charge is 0.306 e. The van der Waals surface area contributed by atoms with Crippen LogP contribution in [0, 0.1) is 0 Å². The zero-order valence-electron chi connectivity index (χ0n) is 53.5. The standard InChI is InChI=1S/C74H121NO8/c1-6-8-10-12-14-16-18-20-22-24-26-27-28-29-30-31-32-33-34-35-36-37-38-39-40-41-42-43-44-45-47-49-51-53-55-57-59-61-63-65-72(77)83-70(69-82-74(73(78)79)80-67-66-75(3,4)5)68-81-71(76)64-62-60-58-56-54-52-50-48-46-25-23-21-19-17-15-13-11-9-7-2/h8,10,14-17,20-23,26-27,29-30,32-33,35-36,38-39,41-42,46,48,70,74H,6-7,9,11-13,18-19,24-25,28,31,34,37,40,43-45,47,49-69H2,1-5H3/b10-8-,16-14-,17-15-,22-20-,23-21-,27-26-,30-29-,33-32-,36-35-,39-38-,42-41-,48-46-. The summed E-state index contributed by atoms with van der Waals surface area (Å²) in [7, 11) is 5.91. The molecule has 0 aliphatic rings. The van der Waals surface area contributed by atoms with Gasteiger partial charge in [-0.05, 0) is 122 Å². The summed E-state index contributed by atoms with van der Waals surface area (Å²) in [6.07, 6.45) is 89.1. The van der Waals surface area contributed by atoms with E-state index in [0.29, 0.717) is 17.4 Å². The minimum Gasteiger partial charge on any atom is -0.545 e. The van der Waals surface area contributed by atoms with Crippen molar-refractivity contribution in [3.05, 3.63) is 146 Å². The molecule has 0 saturated carbocycles. The molecule has 0 amide bonds. The molecule has 0 spiro atoms. The molecule has 0 aliphatic carbocycles. The molecule has 9 heteroatoms. The second kappa shape index (κ2) is 63.2. The van der Waals surface area contributed by atoms with Gasteiger partial charge in [-0.1, -0.05) is 256 Å². The fourth-order valence-corrected chi connectivity index (χ4v) is 8.54. The van der Waals surface area contributed by atoms with Crippen molar-refractivity contribution in [1.29, 1.82) is 0 Å². The first kappa shape index (κ1) is 78.2. The number of quaternary nitrogens is 1.